The van der Waals surface area contributed by atoms with Crippen LogP contribution in [0.15, 0.2) is 0 Å². The molecule has 0 aromatic carbocycles. The normalized spacial score (nSPS) is 15.1. The first-order valence-corrected chi connectivity index (χ1v) is 12.5. The summed E-state index contributed by atoms with van der Waals surface area (Å²) in [6.07, 6.45) is 0. The molecule has 0 atom stereocenters. The molecule has 0 saturated heterocycles. The van der Waals surface area contributed by atoms with Crippen molar-refractivity contribution in [3.8, 4) is 0 Å². The maximum atomic E-state index is 12.8. The molecule has 17 heteroatoms. The fourth-order valence-electron chi connectivity index (χ4n) is 0.623. The van der Waals surface area contributed by atoms with Crippen LogP contribution in [0.25, 0.3) is 0 Å². The molecule has 0 aromatic heterocycles. The molecule has 0 unspecified atom stereocenters. The van der Waals surface area contributed by atoms with Crippen molar-refractivity contribution >= 4 is 157 Å². The van der Waals surface area contributed by atoms with E-state index in [0.717, 1.165) is 0 Å². The zero-order chi connectivity index (χ0) is 18.9. The summed E-state index contributed by atoms with van der Waals surface area (Å²) in [6, 6.07) is 0. The second kappa shape index (κ2) is 10.1. The molecule has 0 spiro atoms. The van der Waals surface area contributed by atoms with E-state index < -0.39 is 34.0 Å². The van der Waals surface area contributed by atoms with Crippen molar-refractivity contribution in [1.82, 2.24) is 0 Å². The van der Waals surface area contributed by atoms with Crippen LogP contribution in [0.1, 0.15) is 0 Å². The van der Waals surface area contributed by atoms with Crippen molar-refractivity contribution in [2.24, 2.45) is 0 Å². The largest absolute Gasteiger partial charge is 0.397 e. The van der Waals surface area contributed by atoms with E-state index in [0.29, 0.717) is 0 Å². The Hall–Kier alpha value is 3.98. The SMILES string of the molecule is O=P(OC(Cl)(Cl)C(Cl)Cl)(OC(Cl)(Cl)C(Cl)Cl)SC(Cl)(Cl)C(Cl)Cl. The van der Waals surface area contributed by atoms with Gasteiger partial charge in [-0.1, -0.05) is 116 Å². The Bertz CT molecular complexity index is 381. The number of alkyl halides is 12. The maximum Gasteiger partial charge on any atom is 0.397 e. The van der Waals surface area contributed by atoms with Gasteiger partial charge in [0.05, 0.1) is 0 Å². The summed E-state index contributed by atoms with van der Waals surface area (Å²) in [5, 5.41) is 0. The molecule has 0 bridgehead atoms. The van der Waals surface area contributed by atoms with E-state index in [4.69, 9.17) is 148 Å². The summed E-state index contributed by atoms with van der Waals surface area (Å²) in [6.45, 7) is -4.63. The molecule has 0 radical (unpaired) electrons. The number of halogens is 12. The van der Waals surface area contributed by atoms with Crippen molar-refractivity contribution in [3.63, 3.8) is 0 Å². The van der Waals surface area contributed by atoms with Crippen LogP contribution in [0.5, 0.6) is 0 Å². The lowest BCUT2D eigenvalue weighted by Gasteiger charge is -2.33. The quantitative estimate of drug-likeness (QED) is 0.193. The maximum absolute atomic E-state index is 12.8. The third-order valence-electron chi connectivity index (χ3n) is 1.46. The topological polar surface area (TPSA) is 35.5 Å². The van der Waals surface area contributed by atoms with E-state index in [9.17, 15) is 4.57 Å². The second-order valence-electron chi connectivity index (χ2n) is 3.31. The lowest BCUT2D eigenvalue weighted by atomic mass is 10.8. The van der Waals surface area contributed by atoms with Gasteiger partial charge in [0.15, 0.2) is 14.5 Å². The van der Waals surface area contributed by atoms with Crippen molar-refractivity contribution in [2.45, 2.75) is 27.2 Å². The highest BCUT2D eigenvalue weighted by atomic mass is 35.6. The van der Waals surface area contributed by atoms with Gasteiger partial charge in [0.1, 0.15) is 0 Å². The van der Waals surface area contributed by atoms with Crippen LogP contribution in [0.2, 0.25) is 0 Å². The third-order valence-corrected chi connectivity index (χ3v) is 11.8. The fraction of sp³-hybridized carbons (Fsp3) is 1.00. The standard InChI is InChI=1S/C6H3Cl12O3PS/c7-1(8)4(13,14)20-22(19,21-5(15,16)2(9)10)23-6(17,18)3(11)12/h1-3H. The lowest BCUT2D eigenvalue weighted by molar-refractivity contribution is 0.166. The van der Waals surface area contributed by atoms with Crippen LogP contribution in [-0.4, -0.2) is 27.2 Å². The molecule has 0 N–H and O–H groups in total. The highest BCUT2D eigenvalue weighted by Gasteiger charge is 2.53. The molecule has 3 nitrogen and oxygen atoms in total. The average Bonchev–Trinajstić information content (AvgIpc) is 2.24. The summed E-state index contributed by atoms with van der Waals surface area (Å²) < 4.78 is 15.5. The molecule has 0 aliphatic heterocycles. The van der Waals surface area contributed by atoms with Gasteiger partial charge in [-0.15, -0.1) is 23.2 Å². The van der Waals surface area contributed by atoms with Crippen LogP contribution >= 0.6 is 157 Å². The zero-order valence-electron chi connectivity index (χ0n) is 9.85. The minimum atomic E-state index is -4.63. The molecule has 140 valence electrons. The molecule has 23 heavy (non-hydrogen) atoms. The van der Waals surface area contributed by atoms with E-state index in [-0.39, 0.29) is 11.4 Å². The van der Waals surface area contributed by atoms with Gasteiger partial charge in [-0.05, 0) is 0 Å². The summed E-state index contributed by atoms with van der Waals surface area (Å²) in [5.74, 6) is 0. The van der Waals surface area contributed by atoms with Crippen molar-refractivity contribution in [2.75, 3.05) is 0 Å². The Morgan fingerprint density at radius 3 is 1.22 bits per heavy atom. The van der Waals surface area contributed by atoms with Crippen LogP contribution in [-0.2, 0) is 13.6 Å². The van der Waals surface area contributed by atoms with E-state index in [1.807, 2.05) is 0 Å². The predicted octanol–water partition coefficient (Wildman–Crippen LogP) is 8.67. The molecule has 0 aliphatic carbocycles. The van der Waals surface area contributed by atoms with Gasteiger partial charge in [-0.25, -0.2) is 4.57 Å². The number of hydrogen-bond acceptors (Lipinski definition) is 4. The minimum Gasteiger partial charge on any atom is -0.260 e. The molecular formula is C6H3Cl12O3PS. The van der Waals surface area contributed by atoms with Crippen molar-refractivity contribution < 1.29 is 13.6 Å². The number of hydrogen-bond donors (Lipinski definition) is 0. The third kappa shape index (κ3) is 9.35. The van der Waals surface area contributed by atoms with Crippen LogP contribution < -0.4 is 0 Å². The van der Waals surface area contributed by atoms with Gasteiger partial charge in [0.25, 0.3) is 9.04 Å². The first-order chi connectivity index (χ1) is 9.95. The minimum absolute atomic E-state index is 0.0517. The Morgan fingerprint density at radius 1 is 0.696 bits per heavy atom. The molecule has 0 saturated carbocycles. The van der Waals surface area contributed by atoms with Crippen LogP contribution in [0, 0.1) is 0 Å². The Morgan fingerprint density at radius 2 is 1.00 bits per heavy atom. The first-order valence-electron chi connectivity index (χ1n) is 4.65. The monoisotopic (exact) mass is 606 g/mol. The van der Waals surface area contributed by atoms with E-state index >= 15 is 0 Å². The molecule has 0 aliphatic rings. The summed E-state index contributed by atoms with van der Waals surface area (Å²) >= 11 is 67.5. The molecule has 0 fully saturated rings. The van der Waals surface area contributed by atoms with E-state index in [2.05, 4.69) is 0 Å². The van der Waals surface area contributed by atoms with Gasteiger partial charge >= 0.3 is 6.80 Å². The molecule has 0 rings (SSSR count). The van der Waals surface area contributed by atoms with E-state index in [1.54, 1.807) is 0 Å². The van der Waals surface area contributed by atoms with Crippen LogP contribution in [0.3, 0.4) is 0 Å². The second-order valence-corrected chi connectivity index (χ2v) is 15.0. The van der Waals surface area contributed by atoms with Crippen molar-refractivity contribution in [1.29, 1.82) is 0 Å². The Labute approximate surface area is 196 Å². The lowest BCUT2D eigenvalue weighted by Crippen LogP contribution is -2.30. The summed E-state index contributed by atoms with van der Waals surface area (Å²) in [7, 11) is 0. The molecule has 0 aromatic rings. The van der Waals surface area contributed by atoms with Gasteiger partial charge < -0.3 is 0 Å². The molecule has 0 amide bonds. The Kier molecular flexibility index (Phi) is 11.9. The zero-order valence-corrected chi connectivity index (χ0v) is 20.6. The van der Waals surface area contributed by atoms with Gasteiger partial charge in [-0.3, -0.25) is 9.05 Å². The first kappa shape index (κ1) is 27.0. The predicted molar refractivity (Wildman–Crippen MR) is 107 cm³/mol. The highest BCUT2D eigenvalue weighted by molar-refractivity contribution is 8.56. The summed E-state index contributed by atoms with van der Waals surface area (Å²) in [5.41, 5.74) is 0. The molecular weight excluding hydrogens is 609 g/mol. The Balaban J connectivity index is 5.67. The fourth-order valence-corrected chi connectivity index (χ4v) is 8.23. The van der Waals surface area contributed by atoms with E-state index in [1.165, 1.54) is 0 Å². The van der Waals surface area contributed by atoms with Crippen LogP contribution in [0.4, 0.5) is 0 Å². The number of rotatable bonds is 9. The van der Waals surface area contributed by atoms with Gasteiger partial charge in [0.2, 0.25) is 3.67 Å². The average molecular weight is 612 g/mol. The molecule has 0 heterocycles. The smallest absolute Gasteiger partial charge is 0.260 e. The van der Waals surface area contributed by atoms with Crippen molar-refractivity contribution in [3.05, 3.63) is 0 Å². The summed E-state index contributed by atoms with van der Waals surface area (Å²) in [4.78, 5) is -4.65. The van der Waals surface area contributed by atoms with Gasteiger partial charge in [-0.2, -0.15) is 0 Å². The highest BCUT2D eigenvalue weighted by Crippen LogP contribution is 2.73. The van der Waals surface area contributed by atoms with Gasteiger partial charge in [0, 0.05) is 11.4 Å².